The minimum atomic E-state index is -0.657. The maximum Gasteiger partial charge on any atom is 0.258 e. The minimum absolute atomic E-state index is 0.171. The molecule has 0 saturated carbocycles. The first-order valence-electron chi connectivity index (χ1n) is 5.20. The van der Waals surface area contributed by atoms with Crippen LogP contribution in [0.1, 0.15) is 29.3 Å². The van der Waals surface area contributed by atoms with Crippen LogP contribution in [0.4, 0.5) is 0 Å². The Balaban J connectivity index is 2.19. The highest BCUT2D eigenvalue weighted by Crippen LogP contribution is 2.26. The second-order valence-electron chi connectivity index (χ2n) is 3.90. The van der Waals surface area contributed by atoms with Crippen LogP contribution in [0.3, 0.4) is 0 Å². The molecule has 1 unspecified atom stereocenters. The molecular formula is C12H13NO3. The molecule has 1 amide bonds. The van der Waals surface area contributed by atoms with Gasteiger partial charge in [0.15, 0.2) is 11.9 Å². The van der Waals surface area contributed by atoms with Gasteiger partial charge in [-0.05, 0) is 37.1 Å². The number of benzene rings is 1. The monoisotopic (exact) mass is 219 g/mol. The largest absolute Gasteiger partial charge is 0.481 e. The molecule has 0 saturated heterocycles. The van der Waals surface area contributed by atoms with Crippen LogP contribution in [0.25, 0.3) is 0 Å². The fourth-order valence-electron chi connectivity index (χ4n) is 1.77. The molecule has 0 radical (unpaired) electrons. The summed E-state index contributed by atoms with van der Waals surface area (Å²) in [4.78, 5) is 22.2. The Morgan fingerprint density at radius 1 is 1.44 bits per heavy atom. The van der Waals surface area contributed by atoms with Crippen LogP contribution in [0.5, 0.6) is 5.75 Å². The maximum absolute atomic E-state index is 11.4. The fraction of sp³-hybridized carbons (Fsp3) is 0.333. The van der Waals surface area contributed by atoms with Crippen molar-refractivity contribution >= 4 is 11.7 Å². The summed E-state index contributed by atoms with van der Waals surface area (Å²) in [5.41, 5.74) is 6.85. The Morgan fingerprint density at radius 3 is 2.88 bits per heavy atom. The van der Waals surface area contributed by atoms with E-state index < -0.39 is 12.0 Å². The van der Waals surface area contributed by atoms with Crippen LogP contribution in [0.2, 0.25) is 0 Å². The molecule has 0 bridgehead atoms. The maximum atomic E-state index is 11.4. The molecule has 2 rings (SSSR count). The van der Waals surface area contributed by atoms with E-state index in [-0.39, 0.29) is 5.78 Å². The number of nitrogens with two attached hydrogens (primary N) is 1. The van der Waals surface area contributed by atoms with Gasteiger partial charge in [0.05, 0.1) is 0 Å². The third-order valence-electron chi connectivity index (χ3n) is 2.71. The molecule has 1 aromatic rings. The molecule has 1 aromatic carbocycles. The molecule has 1 aliphatic carbocycles. The van der Waals surface area contributed by atoms with Crippen molar-refractivity contribution in [3.05, 3.63) is 29.3 Å². The van der Waals surface area contributed by atoms with Crippen molar-refractivity contribution in [1.29, 1.82) is 0 Å². The van der Waals surface area contributed by atoms with Crippen molar-refractivity contribution in [3.63, 3.8) is 0 Å². The average Bonchev–Trinajstić information content (AvgIpc) is 2.60. The molecule has 2 N–H and O–H groups in total. The molecule has 0 heterocycles. The number of primary amides is 1. The van der Waals surface area contributed by atoms with Gasteiger partial charge in [-0.3, -0.25) is 9.59 Å². The van der Waals surface area contributed by atoms with E-state index in [1.165, 1.54) is 0 Å². The minimum Gasteiger partial charge on any atom is -0.481 e. The third-order valence-corrected chi connectivity index (χ3v) is 2.71. The number of ether oxygens (including phenoxy) is 1. The van der Waals surface area contributed by atoms with Crippen molar-refractivity contribution in [2.45, 2.75) is 25.9 Å². The Labute approximate surface area is 93.4 Å². The first kappa shape index (κ1) is 10.7. The summed E-state index contributed by atoms with van der Waals surface area (Å²) in [6.45, 7) is 1.60. The number of carbonyl (C=O) groups excluding carboxylic acids is 2. The summed E-state index contributed by atoms with van der Waals surface area (Å²) >= 11 is 0. The van der Waals surface area contributed by atoms with Crippen LogP contribution in [0.15, 0.2) is 18.2 Å². The van der Waals surface area contributed by atoms with E-state index in [9.17, 15) is 9.59 Å². The predicted molar refractivity (Wildman–Crippen MR) is 58.4 cm³/mol. The number of fused-ring (bicyclic) bond motifs is 1. The van der Waals surface area contributed by atoms with Gasteiger partial charge in [0, 0.05) is 12.0 Å². The highest BCUT2D eigenvalue weighted by atomic mass is 16.5. The molecule has 0 aliphatic heterocycles. The van der Waals surface area contributed by atoms with Crippen molar-refractivity contribution in [1.82, 2.24) is 0 Å². The lowest BCUT2D eigenvalue weighted by Gasteiger charge is -2.11. The Hall–Kier alpha value is -1.84. The zero-order valence-corrected chi connectivity index (χ0v) is 9.03. The molecule has 4 heteroatoms. The Kier molecular flexibility index (Phi) is 2.64. The molecule has 16 heavy (non-hydrogen) atoms. The van der Waals surface area contributed by atoms with Crippen molar-refractivity contribution in [2.75, 3.05) is 0 Å². The second-order valence-corrected chi connectivity index (χ2v) is 3.90. The highest BCUT2D eigenvalue weighted by Gasteiger charge is 2.20. The van der Waals surface area contributed by atoms with Crippen LogP contribution < -0.4 is 10.5 Å². The van der Waals surface area contributed by atoms with E-state index in [1.807, 2.05) is 0 Å². The number of rotatable bonds is 3. The van der Waals surface area contributed by atoms with Crippen molar-refractivity contribution in [2.24, 2.45) is 5.73 Å². The number of carbonyl (C=O) groups is 2. The molecule has 1 atom stereocenters. The van der Waals surface area contributed by atoms with Crippen LogP contribution in [0, 0.1) is 0 Å². The van der Waals surface area contributed by atoms with Crippen molar-refractivity contribution < 1.29 is 14.3 Å². The first-order valence-corrected chi connectivity index (χ1v) is 5.20. The van der Waals surface area contributed by atoms with Gasteiger partial charge >= 0.3 is 0 Å². The molecule has 84 valence electrons. The molecular weight excluding hydrogens is 206 g/mol. The number of amides is 1. The summed E-state index contributed by atoms with van der Waals surface area (Å²) < 4.78 is 5.35. The lowest BCUT2D eigenvalue weighted by Crippen LogP contribution is -2.30. The second kappa shape index (κ2) is 3.96. The number of aryl methyl sites for hydroxylation is 1. The zero-order valence-electron chi connectivity index (χ0n) is 9.03. The summed E-state index contributed by atoms with van der Waals surface area (Å²) in [7, 11) is 0. The highest BCUT2D eigenvalue weighted by molar-refractivity contribution is 6.00. The van der Waals surface area contributed by atoms with Gasteiger partial charge in [-0.25, -0.2) is 0 Å². The van der Waals surface area contributed by atoms with Gasteiger partial charge < -0.3 is 10.5 Å². The van der Waals surface area contributed by atoms with Gasteiger partial charge in [0.1, 0.15) is 5.75 Å². The van der Waals surface area contributed by atoms with E-state index in [0.29, 0.717) is 12.2 Å². The molecule has 4 nitrogen and oxygen atoms in total. The fourth-order valence-corrected chi connectivity index (χ4v) is 1.77. The predicted octanol–water partition coefficient (Wildman–Crippen LogP) is 1.07. The number of ketones is 1. The summed E-state index contributed by atoms with van der Waals surface area (Å²) in [5.74, 6) is 0.251. The quantitative estimate of drug-likeness (QED) is 0.826. The van der Waals surface area contributed by atoms with Gasteiger partial charge in [0.25, 0.3) is 5.91 Å². The van der Waals surface area contributed by atoms with Gasteiger partial charge in [-0.1, -0.05) is 0 Å². The molecule has 1 aliphatic rings. The number of Topliss-reactive ketones (excluding diaryl/α,β-unsaturated/α-hetero) is 1. The summed E-state index contributed by atoms with van der Waals surface area (Å²) in [6.07, 6.45) is 0.649. The lowest BCUT2D eigenvalue weighted by atomic mass is 10.1. The molecule has 0 aromatic heterocycles. The number of hydrogen-bond acceptors (Lipinski definition) is 3. The van der Waals surface area contributed by atoms with Gasteiger partial charge in [0.2, 0.25) is 0 Å². The standard InChI is InChI=1S/C12H13NO3/c1-7(12(13)15)16-9-3-4-10-8(6-9)2-5-11(10)14/h3-4,6-7H,2,5H2,1H3,(H2,13,15). The smallest absolute Gasteiger partial charge is 0.258 e. The topological polar surface area (TPSA) is 69.4 Å². The normalized spacial score (nSPS) is 15.7. The summed E-state index contributed by atoms with van der Waals surface area (Å²) in [5, 5.41) is 0. The van der Waals surface area contributed by atoms with E-state index in [1.54, 1.807) is 25.1 Å². The average molecular weight is 219 g/mol. The van der Waals surface area contributed by atoms with Gasteiger partial charge in [-0.15, -0.1) is 0 Å². The molecule has 0 spiro atoms. The Bertz CT molecular complexity index is 454. The first-order chi connectivity index (χ1) is 7.58. The summed E-state index contributed by atoms with van der Waals surface area (Å²) in [6, 6.07) is 5.24. The number of hydrogen-bond donors (Lipinski definition) is 1. The van der Waals surface area contributed by atoms with E-state index in [2.05, 4.69) is 0 Å². The van der Waals surface area contributed by atoms with Crippen LogP contribution >= 0.6 is 0 Å². The van der Waals surface area contributed by atoms with E-state index >= 15 is 0 Å². The molecule has 0 fully saturated rings. The van der Waals surface area contributed by atoms with E-state index in [0.717, 1.165) is 17.5 Å². The van der Waals surface area contributed by atoms with Crippen LogP contribution in [-0.4, -0.2) is 17.8 Å². The van der Waals surface area contributed by atoms with Crippen molar-refractivity contribution in [3.8, 4) is 5.75 Å². The van der Waals surface area contributed by atoms with Gasteiger partial charge in [-0.2, -0.15) is 0 Å². The van der Waals surface area contributed by atoms with Crippen LogP contribution in [-0.2, 0) is 11.2 Å². The Morgan fingerprint density at radius 2 is 2.19 bits per heavy atom. The zero-order chi connectivity index (χ0) is 11.7. The van der Waals surface area contributed by atoms with E-state index in [4.69, 9.17) is 10.5 Å². The SMILES string of the molecule is CC(Oc1ccc2c(c1)CCC2=O)C(N)=O. The lowest BCUT2D eigenvalue weighted by molar-refractivity contribution is -0.123. The third kappa shape index (κ3) is 1.91.